The number of methoxy groups -OCH3 is 1. The van der Waals surface area contributed by atoms with Gasteiger partial charge in [-0.05, 0) is 12.1 Å². The molecule has 0 aliphatic carbocycles. The minimum Gasteiger partial charge on any atom is -0.495 e. The minimum absolute atomic E-state index is 0.201. The van der Waals surface area contributed by atoms with Crippen LogP contribution >= 0.6 is 0 Å². The molecule has 0 fully saturated rings. The first-order valence-corrected chi connectivity index (χ1v) is 6.99. The third kappa shape index (κ3) is 2.66. The Morgan fingerprint density at radius 2 is 1.96 bits per heavy atom. The number of hydrazone groups is 1. The van der Waals surface area contributed by atoms with E-state index in [0.717, 1.165) is 0 Å². The molecule has 1 aromatic carbocycles. The largest absolute Gasteiger partial charge is 0.495 e. The maximum absolute atomic E-state index is 13.0. The van der Waals surface area contributed by atoms with Gasteiger partial charge in [0.1, 0.15) is 11.4 Å². The van der Waals surface area contributed by atoms with Crippen molar-refractivity contribution in [1.29, 1.82) is 0 Å². The van der Waals surface area contributed by atoms with Crippen LogP contribution in [0.5, 0.6) is 5.75 Å². The van der Waals surface area contributed by atoms with E-state index in [1.807, 2.05) is 0 Å². The Balaban J connectivity index is 2.06. The van der Waals surface area contributed by atoms with Gasteiger partial charge in [-0.3, -0.25) is 4.79 Å². The second-order valence-electron chi connectivity index (χ2n) is 5.47. The number of carbonyl (C=O) groups excluding carboxylic acids is 1. The number of hydrogen-bond acceptors (Lipinski definition) is 5. The highest BCUT2D eigenvalue weighted by atomic mass is 19.4. The van der Waals surface area contributed by atoms with Crippen LogP contribution in [0.3, 0.4) is 0 Å². The van der Waals surface area contributed by atoms with Gasteiger partial charge in [-0.25, -0.2) is 5.43 Å². The lowest BCUT2D eigenvalue weighted by Crippen LogP contribution is -2.39. The van der Waals surface area contributed by atoms with E-state index in [0.29, 0.717) is 17.0 Å². The molecule has 9 heteroatoms. The van der Waals surface area contributed by atoms with Crippen LogP contribution in [0.15, 0.2) is 17.2 Å². The Morgan fingerprint density at radius 3 is 2.57 bits per heavy atom. The van der Waals surface area contributed by atoms with Crippen molar-refractivity contribution in [2.75, 3.05) is 17.7 Å². The molecule has 3 N–H and O–H groups in total. The fourth-order valence-electron chi connectivity index (χ4n) is 2.73. The molecule has 1 amide bonds. The topological polar surface area (TPSA) is 74.8 Å². The summed E-state index contributed by atoms with van der Waals surface area (Å²) in [4.78, 5) is 11.4. The predicted octanol–water partition coefficient (Wildman–Crippen LogP) is 2.28. The third-order valence-corrected chi connectivity index (χ3v) is 3.83. The van der Waals surface area contributed by atoms with Gasteiger partial charge in [-0.1, -0.05) is 6.92 Å². The summed E-state index contributed by atoms with van der Waals surface area (Å²) in [6.07, 6.45) is -6.13. The van der Waals surface area contributed by atoms with Crippen LogP contribution in [0.2, 0.25) is 0 Å². The number of nitrogens with one attached hydrogen (secondary N) is 3. The van der Waals surface area contributed by atoms with Crippen LogP contribution < -0.4 is 20.8 Å². The molecule has 2 aliphatic heterocycles. The SMILES string of the molecule is COc1ccc(C2=NNC(=O)CC2C)c2c1NC(C(F)(F)F)N2. The normalized spacial score (nSPS) is 23.3. The number of fused-ring (bicyclic) bond motifs is 1. The quantitative estimate of drug-likeness (QED) is 0.779. The predicted molar refractivity (Wildman–Crippen MR) is 78.5 cm³/mol. The van der Waals surface area contributed by atoms with Gasteiger partial charge in [0.25, 0.3) is 0 Å². The van der Waals surface area contributed by atoms with Gasteiger partial charge in [-0.15, -0.1) is 0 Å². The van der Waals surface area contributed by atoms with E-state index in [9.17, 15) is 18.0 Å². The molecule has 0 radical (unpaired) electrons. The Morgan fingerprint density at radius 1 is 1.26 bits per heavy atom. The lowest BCUT2D eigenvalue weighted by molar-refractivity contribution is -0.135. The van der Waals surface area contributed by atoms with E-state index in [1.165, 1.54) is 7.11 Å². The van der Waals surface area contributed by atoms with Crippen molar-refractivity contribution in [1.82, 2.24) is 5.43 Å². The molecule has 2 aliphatic rings. The number of nitrogens with zero attached hydrogens (tertiary/aromatic N) is 1. The number of carbonyl (C=O) groups is 1. The molecule has 2 unspecified atom stereocenters. The molecule has 6 nitrogen and oxygen atoms in total. The zero-order valence-electron chi connectivity index (χ0n) is 12.4. The van der Waals surface area contributed by atoms with Crippen molar-refractivity contribution in [2.24, 2.45) is 11.0 Å². The summed E-state index contributed by atoms with van der Waals surface area (Å²) in [6, 6.07) is 3.21. The molecule has 0 aromatic heterocycles. The van der Waals surface area contributed by atoms with Crippen LogP contribution in [0, 0.1) is 5.92 Å². The van der Waals surface area contributed by atoms with E-state index in [2.05, 4.69) is 21.2 Å². The van der Waals surface area contributed by atoms with Gasteiger partial charge < -0.3 is 15.4 Å². The highest BCUT2D eigenvalue weighted by Gasteiger charge is 2.45. The first-order chi connectivity index (χ1) is 10.8. The maximum atomic E-state index is 13.0. The average Bonchev–Trinajstić information content (AvgIpc) is 2.92. The van der Waals surface area contributed by atoms with Gasteiger partial charge in [0.05, 0.1) is 18.5 Å². The smallest absolute Gasteiger partial charge is 0.427 e. The summed E-state index contributed by atoms with van der Waals surface area (Å²) in [6.45, 7) is 1.80. The van der Waals surface area contributed by atoms with Crippen molar-refractivity contribution in [3.8, 4) is 5.75 Å². The summed E-state index contributed by atoms with van der Waals surface area (Å²) in [7, 11) is 1.39. The van der Waals surface area contributed by atoms with Crippen LogP contribution in [-0.4, -0.2) is 31.1 Å². The van der Waals surface area contributed by atoms with Crippen molar-refractivity contribution in [3.05, 3.63) is 17.7 Å². The van der Waals surface area contributed by atoms with Gasteiger partial charge in [0.15, 0.2) is 6.17 Å². The number of rotatable bonds is 2. The molecule has 124 valence electrons. The molecular weight excluding hydrogens is 313 g/mol. The zero-order valence-corrected chi connectivity index (χ0v) is 12.4. The van der Waals surface area contributed by atoms with E-state index in [4.69, 9.17) is 4.74 Å². The van der Waals surface area contributed by atoms with Crippen LogP contribution in [0.1, 0.15) is 18.9 Å². The van der Waals surface area contributed by atoms with E-state index >= 15 is 0 Å². The van der Waals surface area contributed by atoms with Crippen molar-refractivity contribution < 1.29 is 22.7 Å². The maximum Gasteiger partial charge on any atom is 0.427 e. The minimum atomic E-state index is -4.46. The van der Waals surface area contributed by atoms with Crippen molar-refractivity contribution in [3.63, 3.8) is 0 Å². The number of anilines is 2. The Bertz CT molecular complexity index is 687. The molecule has 3 rings (SSSR count). The molecule has 0 bridgehead atoms. The second-order valence-corrected chi connectivity index (χ2v) is 5.47. The fraction of sp³-hybridized carbons (Fsp3) is 0.429. The summed E-state index contributed by atoms with van der Waals surface area (Å²) in [5.41, 5.74) is 3.91. The zero-order chi connectivity index (χ0) is 16.8. The van der Waals surface area contributed by atoms with Gasteiger partial charge in [-0.2, -0.15) is 18.3 Å². The van der Waals surface area contributed by atoms with Crippen LogP contribution in [-0.2, 0) is 4.79 Å². The summed E-state index contributed by atoms with van der Waals surface area (Å²) in [5.74, 6) is -0.116. The van der Waals surface area contributed by atoms with Gasteiger partial charge in [0.2, 0.25) is 5.91 Å². The van der Waals surface area contributed by atoms with E-state index < -0.39 is 12.3 Å². The molecule has 0 saturated carbocycles. The highest BCUT2D eigenvalue weighted by Crippen LogP contribution is 2.44. The molecule has 2 atom stereocenters. The lowest BCUT2D eigenvalue weighted by atomic mass is 9.92. The number of ether oxygens (including phenoxy) is 1. The van der Waals surface area contributed by atoms with E-state index in [1.54, 1.807) is 19.1 Å². The summed E-state index contributed by atoms with van der Waals surface area (Å²) < 4.78 is 44.2. The highest BCUT2D eigenvalue weighted by molar-refractivity contribution is 6.12. The monoisotopic (exact) mass is 328 g/mol. The second kappa shape index (κ2) is 5.32. The average molecular weight is 328 g/mol. The summed E-state index contributed by atoms with van der Waals surface area (Å²) >= 11 is 0. The Labute approximate surface area is 130 Å². The first kappa shape index (κ1) is 15.4. The van der Waals surface area contributed by atoms with Crippen molar-refractivity contribution in [2.45, 2.75) is 25.7 Å². The van der Waals surface area contributed by atoms with Gasteiger partial charge in [0, 0.05) is 17.9 Å². The lowest BCUT2D eigenvalue weighted by Gasteiger charge is -2.21. The number of hydrogen-bond donors (Lipinski definition) is 3. The molecular formula is C14H15F3N4O2. The third-order valence-electron chi connectivity index (χ3n) is 3.83. The van der Waals surface area contributed by atoms with E-state index in [-0.39, 0.29) is 29.6 Å². The molecule has 0 spiro atoms. The Kier molecular flexibility index (Phi) is 3.57. The molecule has 2 heterocycles. The number of halogens is 3. The number of alkyl halides is 3. The first-order valence-electron chi connectivity index (χ1n) is 6.99. The van der Waals surface area contributed by atoms with Crippen molar-refractivity contribution >= 4 is 23.0 Å². The molecule has 1 aromatic rings. The fourth-order valence-corrected chi connectivity index (χ4v) is 2.73. The van der Waals surface area contributed by atoms with Gasteiger partial charge >= 0.3 is 6.18 Å². The standard InChI is InChI=1S/C14H15F3N4O2/c1-6-5-9(22)20-21-10(6)7-3-4-8(23-2)12-11(7)18-13(19-12)14(15,16)17/h3-4,6,13,18-19H,5H2,1-2H3,(H,20,22). The number of amides is 1. The molecule has 0 saturated heterocycles. The van der Waals surface area contributed by atoms with Crippen LogP contribution in [0.25, 0.3) is 0 Å². The summed E-state index contributed by atoms with van der Waals surface area (Å²) in [5, 5.41) is 8.84. The molecule has 23 heavy (non-hydrogen) atoms. The Hall–Kier alpha value is -2.45. The number of benzene rings is 1. The van der Waals surface area contributed by atoms with Crippen LogP contribution in [0.4, 0.5) is 24.5 Å².